The fourth-order valence-corrected chi connectivity index (χ4v) is 4.19. The molecule has 168 valence electrons. The van der Waals surface area contributed by atoms with Gasteiger partial charge < -0.3 is 15.1 Å². The molecule has 3 heterocycles. The first-order valence-electron chi connectivity index (χ1n) is 10.1. The summed E-state index contributed by atoms with van der Waals surface area (Å²) in [7, 11) is 1.52. The number of carbonyl (C=O) groups is 3. The number of carbonyl (C=O) groups excluding carboxylic acids is 3. The molecule has 1 fully saturated rings. The number of hydrogen-bond acceptors (Lipinski definition) is 6. The van der Waals surface area contributed by atoms with E-state index in [4.69, 9.17) is 11.6 Å². The first-order chi connectivity index (χ1) is 15.1. The normalized spacial score (nSPS) is 18.3. The van der Waals surface area contributed by atoms with Crippen LogP contribution in [0.5, 0.6) is 0 Å². The summed E-state index contributed by atoms with van der Waals surface area (Å²) in [5.74, 6) is -0.250. The van der Waals surface area contributed by atoms with Crippen molar-refractivity contribution >= 4 is 29.3 Å². The standard InChI is InChI=1S/C22H25ClN6O3/c1-6-21(31)28-10-12(2)29(14(4)30)19(11-28)15-7-16(27-20(23)8-15)17-9-18(22(32)24-5)26-13(3)25-17/h6-9,12,19H,1,10-11H2,2-5H3,(H,24,32)/t12-,19+/m0/s1. The van der Waals surface area contributed by atoms with Gasteiger partial charge in [-0.15, -0.1) is 0 Å². The third-order valence-corrected chi connectivity index (χ3v) is 5.49. The van der Waals surface area contributed by atoms with Crippen LogP contribution in [0.3, 0.4) is 0 Å². The number of rotatable bonds is 4. The van der Waals surface area contributed by atoms with Gasteiger partial charge in [0.15, 0.2) is 0 Å². The Bertz CT molecular complexity index is 1090. The lowest BCUT2D eigenvalue weighted by Crippen LogP contribution is -2.56. The van der Waals surface area contributed by atoms with Crippen LogP contribution in [0.25, 0.3) is 11.4 Å². The average Bonchev–Trinajstić information content (AvgIpc) is 2.76. The zero-order valence-electron chi connectivity index (χ0n) is 18.4. The van der Waals surface area contributed by atoms with E-state index in [1.165, 1.54) is 26.1 Å². The zero-order valence-corrected chi connectivity index (χ0v) is 19.2. The molecule has 0 aromatic carbocycles. The largest absolute Gasteiger partial charge is 0.354 e. The van der Waals surface area contributed by atoms with Gasteiger partial charge in [0.1, 0.15) is 16.7 Å². The van der Waals surface area contributed by atoms with Gasteiger partial charge in [-0.2, -0.15) is 0 Å². The van der Waals surface area contributed by atoms with Crippen LogP contribution < -0.4 is 5.32 Å². The Kier molecular flexibility index (Phi) is 6.88. The van der Waals surface area contributed by atoms with Crippen molar-refractivity contribution < 1.29 is 14.4 Å². The summed E-state index contributed by atoms with van der Waals surface area (Å²) in [5.41, 5.74) is 1.78. The summed E-state index contributed by atoms with van der Waals surface area (Å²) in [4.78, 5) is 53.2. The smallest absolute Gasteiger partial charge is 0.269 e. The van der Waals surface area contributed by atoms with Gasteiger partial charge in [-0.25, -0.2) is 15.0 Å². The molecule has 0 spiro atoms. The molecule has 3 amide bonds. The molecule has 1 saturated heterocycles. The van der Waals surface area contributed by atoms with Gasteiger partial charge in [0, 0.05) is 33.1 Å². The Balaban J connectivity index is 2.09. The molecule has 10 heteroatoms. The minimum atomic E-state index is -0.430. The molecule has 0 unspecified atom stereocenters. The van der Waals surface area contributed by atoms with E-state index in [0.717, 1.165) is 0 Å². The molecule has 0 radical (unpaired) electrons. The molecule has 2 aromatic rings. The third-order valence-electron chi connectivity index (χ3n) is 5.30. The molecule has 0 aliphatic carbocycles. The van der Waals surface area contributed by atoms with E-state index in [0.29, 0.717) is 35.9 Å². The van der Waals surface area contributed by atoms with Crippen molar-refractivity contribution in [3.63, 3.8) is 0 Å². The highest BCUT2D eigenvalue weighted by molar-refractivity contribution is 6.29. The van der Waals surface area contributed by atoms with Crippen molar-refractivity contribution in [2.45, 2.75) is 32.9 Å². The molecular formula is C22H25ClN6O3. The van der Waals surface area contributed by atoms with Crippen LogP contribution in [0.15, 0.2) is 30.9 Å². The van der Waals surface area contributed by atoms with Crippen molar-refractivity contribution in [1.29, 1.82) is 0 Å². The molecule has 1 aliphatic rings. The second kappa shape index (κ2) is 9.44. The van der Waals surface area contributed by atoms with Crippen LogP contribution in [0, 0.1) is 6.92 Å². The predicted octanol–water partition coefficient (Wildman–Crippen LogP) is 2.17. The van der Waals surface area contributed by atoms with Crippen molar-refractivity contribution in [3.8, 4) is 11.4 Å². The monoisotopic (exact) mass is 456 g/mol. The van der Waals surface area contributed by atoms with Gasteiger partial charge in [-0.3, -0.25) is 14.4 Å². The lowest BCUT2D eigenvalue weighted by atomic mass is 9.98. The first-order valence-corrected chi connectivity index (χ1v) is 10.5. The van der Waals surface area contributed by atoms with E-state index in [-0.39, 0.29) is 34.6 Å². The highest BCUT2D eigenvalue weighted by atomic mass is 35.5. The summed E-state index contributed by atoms with van der Waals surface area (Å²) in [6, 6.07) is 4.35. The maximum Gasteiger partial charge on any atom is 0.269 e. The Hall–Kier alpha value is -3.33. The van der Waals surface area contributed by atoms with Crippen LogP contribution >= 0.6 is 11.6 Å². The third kappa shape index (κ3) is 4.77. The van der Waals surface area contributed by atoms with Gasteiger partial charge in [-0.05, 0) is 43.7 Å². The van der Waals surface area contributed by atoms with E-state index in [2.05, 4.69) is 26.8 Å². The van der Waals surface area contributed by atoms with Gasteiger partial charge in [0.2, 0.25) is 11.8 Å². The number of nitrogens with one attached hydrogen (secondary N) is 1. The number of nitrogens with zero attached hydrogens (tertiary/aromatic N) is 5. The van der Waals surface area contributed by atoms with E-state index >= 15 is 0 Å². The zero-order chi connectivity index (χ0) is 23.6. The Morgan fingerprint density at radius 1 is 1.16 bits per heavy atom. The molecule has 9 nitrogen and oxygen atoms in total. The second-order valence-corrected chi connectivity index (χ2v) is 8.00. The van der Waals surface area contributed by atoms with Crippen LogP contribution in [0.2, 0.25) is 5.15 Å². The lowest BCUT2D eigenvalue weighted by Gasteiger charge is -2.45. The first kappa shape index (κ1) is 23.3. The maximum absolute atomic E-state index is 12.5. The number of aromatic nitrogens is 3. The quantitative estimate of drug-likeness (QED) is 0.558. The summed E-state index contributed by atoms with van der Waals surface area (Å²) in [6.07, 6.45) is 1.27. The average molecular weight is 457 g/mol. The molecule has 0 saturated carbocycles. The van der Waals surface area contributed by atoms with Crippen molar-refractivity contribution in [2.75, 3.05) is 20.1 Å². The second-order valence-electron chi connectivity index (χ2n) is 7.61. The Morgan fingerprint density at radius 2 is 1.84 bits per heavy atom. The van der Waals surface area contributed by atoms with Crippen LogP contribution in [-0.2, 0) is 9.59 Å². The molecular weight excluding hydrogens is 432 g/mol. The summed E-state index contributed by atoms with van der Waals surface area (Å²) in [6.45, 7) is 9.35. The van der Waals surface area contributed by atoms with Crippen LogP contribution in [0.4, 0.5) is 0 Å². The van der Waals surface area contributed by atoms with Crippen LogP contribution in [-0.4, -0.2) is 68.7 Å². The summed E-state index contributed by atoms with van der Waals surface area (Å²) in [5, 5.41) is 2.75. The molecule has 0 bridgehead atoms. The summed E-state index contributed by atoms with van der Waals surface area (Å²) >= 11 is 6.34. The molecule has 1 aliphatic heterocycles. The van der Waals surface area contributed by atoms with Crippen molar-refractivity contribution in [1.82, 2.24) is 30.1 Å². The SMILES string of the molecule is C=CC(=O)N1C[C@H](c2cc(Cl)nc(-c3cc(C(=O)NC)nc(C)n3)c2)N(C(C)=O)[C@@H](C)C1. The molecule has 1 N–H and O–H groups in total. The van der Waals surface area contributed by atoms with E-state index in [9.17, 15) is 14.4 Å². The molecule has 2 atom stereocenters. The number of piperazine rings is 1. The van der Waals surface area contributed by atoms with Crippen molar-refractivity contribution in [3.05, 3.63) is 53.1 Å². The minimum absolute atomic E-state index is 0.109. The van der Waals surface area contributed by atoms with Gasteiger partial charge >= 0.3 is 0 Å². The minimum Gasteiger partial charge on any atom is -0.354 e. The van der Waals surface area contributed by atoms with E-state index in [1.54, 1.807) is 28.9 Å². The topological polar surface area (TPSA) is 108 Å². The Labute approximate surface area is 191 Å². The Morgan fingerprint density at radius 3 is 2.47 bits per heavy atom. The number of amides is 3. The van der Waals surface area contributed by atoms with Crippen LogP contribution in [0.1, 0.15) is 41.8 Å². The van der Waals surface area contributed by atoms with Crippen molar-refractivity contribution in [2.24, 2.45) is 0 Å². The van der Waals surface area contributed by atoms with E-state index in [1.807, 2.05) is 6.92 Å². The predicted molar refractivity (Wildman–Crippen MR) is 120 cm³/mol. The number of hydrogen-bond donors (Lipinski definition) is 1. The molecule has 3 rings (SSSR count). The number of pyridine rings is 1. The maximum atomic E-state index is 12.5. The fourth-order valence-electron chi connectivity index (χ4n) is 3.97. The lowest BCUT2D eigenvalue weighted by molar-refractivity contribution is -0.143. The molecule has 32 heavy (non-hydrogen) atoms. The van der Waals surface area contributed by atoms with Gasteiger partial charge in [0.25, 0.3) is 5.91 Å². The van der Waals surface area contributed by atoms with Gasteiger partial charge in [-0.1, -0.05) is 18.2 Å². The highest BCUT2D eigenvalue weighted by Crippen LogP contribution is 2.32. The number of halogens is 1. The van der Waals surface area contributed by atoms with Gasteiger partial charge in [0.05, 0.1) is 17.4 Å². The fraction of sp³-hybridized carbons (Fsp3) is 0.364. The highest BCUT2D eigenvalue weighted by Gasteiger charge is 2.36. The summed E-state index contributed by atoms with van der Waals surface area (Å²) < 4.78 is 0. The molecule has 2 aromatic heterocycles. The van der Waals surface area contributed by atoms with E-state index < -0.39 is 6.04 Å². The number of aryl methyl sites for hydroxylation is 1.